The van der Waals surface area contributed by atoms with Gasteiger partial charge in [-0.1, -0.05) is 42.5 Å². The second kappa shape index (κ2) is 6.67. The second-order valence-corrected chi connectivity index (χ2v) is 6.50. The van der Waals surface area contributed by atoms with Crippen molar-refractivity contribution in [3.05, 3.63) is 71.5 Å². The van der Waals surface area contributed by atoms with Crippen molar-refractivity contribution in [1.29, 1.82) is 0 Å². The van der Waals surface area contributed by atoms with Crippen LogP contribution < -0.4 is 10.5 Å². The Hall–Kier alpha value is -2.25. The SMILES string of the molecule is NC(=O)[C@@H](NS(=O)(=O)Cc1ccc(F)cc1)c1ccccc1. The molecule has 0 radical (unpaired) electrons. The van der Waals surface area contributed by atoms with E-state index in [1.807, 2.05) is 0 Å². The van der Waals surface area contributed by atoms with Gasteiger partial charge in [-0.05, 0) is 23.3 Å². The lowest BCUT2D eigenvalue weighted by atomic mass is 10.1. The minimum Gasteiger partial charge on any atom is -0.368 e. The van der Waals surface area contributed by atoms with Crippen molar-refractivity contribution >= 4 is 15.9 Å². The molecule has 0 saturated carbocycles. The van der Waals surface area contributed by atoms with Gasteiger partial charge < -0.3 is 5.73 Å². The number of carbonyl (C=O) groups excluding carboxylic acids is 1. The van der Waals surface area contributed by atoms with E-state index in [-0.39, 0.29) is 5.75 Å². The molecule has 0 saturated heterocycles. The number of halogens is 1. The summed E-state index contributed by atoms with van der Waals surface area (Å²) in [6.45, 7) is 0. The van der Waals surface area contributed by atoms with Crippen molar-refractivity contribution in [3.63, 3.8) is 0 Å². The van der Waals surface area contributed by atoms with Gasteiger partial charge in [-0.15, -0.1) is 0 Å². The molecule has 0 fully saturated rings. The Labute approximate surface area is 128 Å². The van der Waals surface area contributed by atoms with E-state index in [9.17, 15) is 17.6 Å². The minimum absolute atomic E-state index is 0.371. The first kappa shape index (κ1) is 16.1. The summed E-state index contributed by atoms with van der Waals surface area (Å²) in [6, 6.07) is 12.3. The van der Waals surface area contributed by atoms with Gasteiger partial charge in [-0.2, -0.15) is 4.72 Å². The molecule has 5 nitrogen and oxygen atoms in total. The number of nitrogens with two attached hydrogens (primary N) is 1. The zero-order valence-corrected chi connectivity index (χ0v) is 12.4. The van der Waals surface area contributed by atoms with Gasteiger partial charge in [-0.3, -0.25) is 4.79 Å². The van der Waals surface area contributed by atoms with Gasteiger partial charge in [0, 0.05) is 0 Å². The first-order valence-corrected chi connectivity index (χ1v) is 8.11. The number of primary amides is 1. The van der Waals surface area contributed by atoms with Crippen molar-refractivity contribution in [1.82, 2.24) is 4.72 Å². The first-order valence-electron chi connectivity index (χ1n) is 6.46. The molecule has 7 heteroatoms. The maximum atomic E-state index is 12.8. The number of nitrogens with one attached hydrogen (secondary N) is 1. The number of rotatable bonds is 6. The van der Waals surface area contributed by atoms with E-state index in [4.69, 9.17) is 5.73 Å². The Bertz CT molecular complexity index is 746. The molecule has 3 N–H and O–H groups in total. The summed E-state index contributed by atoms with van der Waals surface area (Å²) in [7, 11) is -3.81. The maximum Gasteiger partial charge on any atom is 0.240 e. The number of sulfonamides is 1. The van der Waals surface area contributed by atoms with Crippen LogP contribution in [-0.4, -0.2) is 14.3 Å². The molecule has 0 aromatic heterocycles. The highest BCUT2D eigenvalue weighted by Gasteiger charge is 2.24. The smallest absolute Gasteiger partial charge is 0.240 e. The van der Waals surface area contributed by atoms with Crippen LogP contribution in [0.5, 0.6) is 0 Å². The molecule has 0 bridgehead atoms. The molecule has 0 heterocycles. The van der Waals surface area contributed by atoms with E-state index in [1.54, 1.807) is 30.3 Å². The molecule has 0 aliphatic carbocycles. The highest BCUT2D eigenvalue weighted by molar-refractivity contribution is 7.88. The van der Waals surface area contributed by atoms with Crippen LogP contribution in [0.2, 0.25) is 0 Å². The average Bonchev–Trinajstić information content (AvgIpc) is 2.48. The summed E-state index contributed by atoms with van der Waals surface area (Å²) >= 11 is 0. The van der Waals surface area contributed by atoms with E-state index in [2.05, 4.69) is 4.72 Å². The third-order valence-corrected chi connectivity index (χ3v) is 4.29. The van der Waals surface area contributed by atoms with Crippen molar-refractivity contribution in [2.45, 2.75) is 11.8 Å². The summed E-state index contributed by atoms with van der Waals surface area (Å²) in [5.74, 6) is -1.62. The standard InChI is InChI=1S/C15H15FN2O3S/c16-13-8-6-11(7-9-13)10-22(20,21)18-14(15(17)19)12-4-2-1-3-5-12/h1-9,14,18H,10H2,(H2,17,19)/t14-/m0/s1. The van der Waals surface area contributed by atoms with E-state index in [1.165, 1.54) is 24.3 Å². The molecule has 116 valence electrons. The minimum atomic E-state index is -3.81. The van der Waals surface area contributed by atoms with Crippen molar-refractivity contribution in [2.75, 3.05) is 0 Å². The van der Waals surface area contributed by atoms with Crippen molar-refractivity contribution in [2.24, 2.45) is 5.73 Å². The molecule has 2 aromatic rings. The number of amides is 1. The average molecular weight is 322 g/mol. The molecule has 0 unspecified atom stereocenters. The molecule has 22 heavy (non-hydrogen) atoms. The van der Waals surface area contributed by atoms with Crippen molar-refractivity contribution in [3.8, 4) is 0 Å². The van der Waals surface area contributed by atoms with Crippen molar-refractivity contribution < 1.29 is 17.6 Å². The zero-order chi connectivity index (χ0) is 16.2. The van der Waals surface area contributed by atoms with Crippen LogP contribution >= 0.6 is 0 Å². The maximum absolute atomic E-state index is 12.8. The zero-order valence-electron chi connectivity index (χ0n) is 11.6. The fourth-order valence-corrected chi connectivity index (χ4v) is 3.28. The van der Waals surface area contributed by atoms with E-state index in [0.29, 0.717) is 11.1 Å². The van der Waals surface area contributed by atoms with Gasteiger partial charge in [-0.25, -0.2) is 12.8 Å². The quantitative estimate of drug-likeness (QED) is 0.844. The topological polar surface area (TPSA) is 89.3 Å². The normalized spacial score (nSPS) is 12.8. The summed E-state index contributed by atoms with van der Waals surface area (Å²) in [4.78, 5) is 11.5. The van der Waals surface area contributed by atoms with Crippen LogP contribution in [-0.2, 0) is 20.6 Å². The Kier molecular flexibility index (Phi) is 4.89. The second-order valence-electron chi connectivity index (χ2n) is 4.75. The van der Waals surface area contributed by atoms with E-state index >= 15 is 0 Å². The highest BCUT2D eigenvalue weighted by Crippen LogP contribution is 2.15. The number of hydrogen-bond donors (Lipinski definition) is 2. The molecule has 1 atom stereocenters. The Balaban J connectivity index is 2.18. The molecular formula is C15H15FN2O3S. The number of hydrogen-bond acceptors (Lipinski definition) is 3. The largest absolute Gasteiger partial charge is 0.368 e. The van der Waals surface area contributed by atoms with Gasteiger partial charge >= 0.3 is 0 Å². The Morgan fingerprint density at radius 3 is 2.23 bits per heavy atom. The third-order valence-electron chi connectivity index (χ3n) is 2.98. The summed E-state index contributed by atoms with van der Waals surface area (Å²) in [5, 5.41) is 0. The molecule has 2 aromatic carbocycles. The van der Waals surface area contributed by atoms with Crippen LogP contribution in [0.4, 0.5) is 4.39 Å². The monoisotopic (exact) mass is 322 g/mol. The van der Waals surface area contributed by atoms with Crippen LogP contribution in [0.3, 0.4) is 0 Å². The van der Waals surface area contributed by atoms with Gasteiger partial charge in [0.25, 0.3) is 0 Å². The fraction of sp³-hybridized carbons (Fsp3) is 0.133. The Morgan fingerprint density at radius 1 is 1.09 bits per heavy atom. The van der Waals surface area contributed by atoms with Gasteiger partial charge in [0.15, 0.2) is 0 Å². The lowest BCUT2D eigenvalue weighted by Gasteiger charge is -2.16. The molecule has 1 amide bonds. The van der Waals surface area contributed by atoms with Gasteiger partial charge in [0.05, 0.1) is 5.75 Å². The first-order chi connectivity index (χ1) is 10.4. The molecular weight excluding hydrogens is 307 g/mol. The van der Waals surface area contributed by atoms with Gasteiger partial charge in [0.2, 0.25) is 15.9 Å². The molecule has 0 aliphatic rings. The predicted molar refractivity (Wildman–Crippen MR) is 80.5 cm³/mol. The van der Waals surface area contributed by atoms with Crippen LogP contribution in [0.25, 0.3) is 0 Å². The molecule has 0 spiro atoms. The summed E-state index contributed by atoms with van der Waals surface area (Å²) in [5.41, 5.74) is 6.14. The lowest BCUT2D eigenvalue weighted by Crippen LogP contribution is -2.38. The van der Waals surface area contributed by atoms with Crippen LogP contribution in [0.1, 0.15) is 17.2 Å². The third kappa shape index (κ3) is 4.37. The van der Waals surface area contributed by atoms with Crippen LogP contribution in [0.15, 0.2) is 54.6 Å². The highest BCUT2D eigenvalue weighted by atomic mass is 32.2. The Morgan fingerprint density at radius 2 is 1.68 bits per heavy atom. The predicted octanol–water partition coefficient (Wildman–Crippen LogP) is 1.47. The number of benzene rings is 2. The van der Waals surface area contributed by atoms with Gasteiger partial charge in [0.1, 0.15) is 11.9 Å². The molecule has 2 rings (SSSR count). The van der Waals surface area contributed by atoms with E-state index < -0.39 is 27.8 Å². The van der Waals surface area contributed by atoms with Crippen LogP contribution in [0, 0.1) is 5.82 Å². The lowest BCUT2D eigenvalue weighted by molar-refractivity contribution is -0.119. The molecule has 0 aliphatic heterocycles. The fourth-order valence-electron chi connectivity index (χ4n) is 1.96. The summed E-state index contributed by atoms with van der Waals surface area (Å²) in [6.07, 6.45) is 0. The number of carbonyl (C=O) groups is 1. The van der Waals surface area contributed by atoms with E-state index in [0.717, 1.165) is 0 Å². The summed E-state index contributed by atoms with van der Waals surface area (Å²) < 4.78 is 39.4.